The number of aliphatic hydroxyl groups excluding tert-OH is 1. The Labute approximate surface area is 129 Å². The average molecular weight is 290 g/mol. The Hall–Kier alpha value is -0.900. The molecule has 1 aliphatic rings. The molecular formula is C18H30N2O. The number of benzene rings is 1. The number of rotatable bonds is 5. The molecule has 1 N–H and O–H groups in total. The zero-order chi connectivity index (χ0) is 15.4. The van der Waals surface area contributed by atoms with Gasteiger partial charge in [0.15, 0.2) is 0 Å². The molecule has 1 aromatic rings. The highest BCUT2D eigenvalue weighted by atomic mass is 16.3. The van der Waals surface area contributed by atoms with Crippen LogP contribution < -0.4 is 0 Å². The number of hydrogen-bond acceptors (Lipinski definition) is 3. The van der Waals surface area contributed by atoms with Crippen LogP contribution in [-0.2, 0) is 0 Å². The van der Waals surface area contributed by atoms with Gasteiger partial charge in [-0.2, -0.15) is 0 Å². The molecule has 0 aliphatic carbocycles. The van der Waals surface area contributed by atoms with Crippen LogP contribution in [-0.4, -0.2) is 55.2 Å². The molecule has 0 aromatic heterocycles. The van der Waals surface area contributed by atoms with Gasteiger partial charge in [-0.3, -0.25) is 0 Å². The molecule has 1 atom stereocenters. The van der Waals surface area contributed by atoms with Crippen LogP contribution in [0.3, 0.4) is 0 Å². The van der Waals surface area contributed by atoms with E-state index < -0.39 is 0 Å². The minimum absolute atomic E-state index is 0.389. The maximum atomic E-state index is 10.5. The summed E-state index contributed by atoms with van der Waals surface area (Å²) in [7, 11) is 4.33. The molecule has 0 amide bonds. The van der Waals surface area contributed by atoms with Gasteiger partial charge in [0.2, 0.25) is 0 Å². The lowest BCUT2D eigenvalue weighted by atomic mass is 9.96. The van der Waals surface area contributed by atoms with Gasteiger partial charge in [-0.25, -0.2) is 0 Å². The molecule has 0 bridgehead atoms. The Morgan fingerprint density at radius 1 is 1.19 bits per heavy atom. The van der Waals surface area contributed by atoms with Crippen molar-refractivity contribution in [3.63, 3.8) is 0 Å². The summed E-state index contributed by atoms with van der Waals surface area (Å²) in [4.78, 5) is 4.69. The van der Waals surface area contributed by atoms with Crippen LogP contribution in [0.25, 0.3) is 0 Å². The molecule has 21 heavy (non-hydrogen) atoms. The SMILES string of the molecule is Cc1cc(C)cc(C(O)CN(C)CC2CCN(C)CC2)c1. The van der Waals surface area contributed by atoms with E-state index in [0.717, 1.165) is 24.6 Å². The lowest BCUT2D eigenvalue weighted by Crippen LogP contribution is -2.37. The summed E-state index contributed by atoms with van der Waals surface area (Å²) < 4.78 is 0. The zero-order valence-electron chi connectivity index (χ0n) is 14.0. The van der Waals surface area contributed by atoms with Crippen molar-refractivity contribution in [3.8, 4) is 0 Å². The summed E-state index contributed by atoms with van der Waals surface area (Å²) in [5.74, 6) is 0.776. The zero-order valence-corrected chi connectivity index (χ0v) is 14.0. The fraction of sp³-hybridized carbons (Fsp3) is 0.667. The highest BCUT2D eigenvalue weighted by Gasteiger charge is 2.19. The summed E-state index contributed by atoms with van der Waals surface area (Å²) in [5.41, 5.74) is 3.49. The molecule has 118 valence electrons. The fourth-order valence-corrected chi connectivity index (χ4v) is 3.36. The topological polar surface area (TPSA) is 26.7 Å². The molecule has 0 saturated carbocycles. The lowest BCUT2D eigenvalue weighted by molar-refractivity contribution is 0.106. The maximum absolute atomic E-state index is 10.5. The second-order valence-electron chi connectivity index (χ2n) is 6.90. The van der Waals surface area contributed by atoms with E-state index in [9.17, 15) is 5.11 Å². The Balaban J connectivity index is 1.85. The first-order chi connectivity index (χ1) is 9.94. The van der Waals surface area contributed by atoms with Crippen LogP contribution in [0, 0.1) is 19.8 Å². The molecule has 1 heterocycles. The highest BCUT2D eigenvalue weighted by molar-refractivity contribution is 5.30. The Bertz CT molecular complexity index is 432. The Kier molecular flexibility index (Phi) is 5.80. The predicted octanol–water partition coefficient (Wildman–Crippen LogP) is 2.61. The van der Waals surface area contributed by atoms with Crippen molar-refractivity contribution < 1.29 is 5.11 Å². The third-order valence-corrected chi connectivity index (χ3v) is 4.52. The smallest absolute Gasteiger partial charge is 0.0916 e. The summed E-state index contributed by atoms with van der Waals surface area (Å²) in [6, 6.07) is 6.35. The molecule has 0 spiro atoms. The van der Waals surface area contributed by atoms with E-state index in [0.29, 0.717) is 0 Å². The van der Waals surface area contributed by atoms with Gasteiger partial charge >= 0.3 is 0 Å². The number of likely N-dealkylation sites (tertiary alicyclic amines) is 1. The van der Waals surface area contributed by atoms with Crippen LogP contribution in [0.5, 0.6) is 0 Å². The van der Waals surface area contributed by atoms with E-state index in [1.54, 1.807) is 0 Å². The van der Waals surface area contributed by atoms with Gasteiger partial charge in [-0.05, 0) is 65.4 Å². The standard InChI is InChI=1S/C18H30N2O/c1-14-9-15(2)11-17(10-14)18(21)13-20(4)12-16-5-7-19(3)8-6-16/h9-11,16,18,21H,5-8,12-13H2,1-4H3. The molecule has 1 aromatic carbocycles. The number of nitrogens with zero attached hydrogens (tertiary/aromatic N) is 2. The number of aliphatic hydroxyl groups is 1. The first-order valence-corrected chi connectivity index (χ1v) is 8.07. The summed E-state index contributed by atoms with van der Waals surface area (Å²) >= 11 is 0. The molecule has 1 fully saturated rings. The third-order valence-electron chi connectivity index (χ3n) is 4.52. The van der Waals surface area contributed by atoms with E-state index in [-0.39, 0.29) is 6.10 Å². The fourth-order valence-electron chi connectivity index (χ4n) is 3.36. The Morgan fingerprint density at radius 2 is 1.76 bits per heavy atom. The molecule has 1 aliphatic heterocycles. The third kappa shape index (κ3) is 5.10. The minimum Gasteiger partial charge on any atom is -0.387 e. The van der Waals surface area contributed by atoms with Crippen LogP contribution in [0.4, 0.5) is 0 Å². The van der Waals surface area contributed by atoms with Crippen molar-refractivity contribution in [2.45, 2.75) is 32.8 Å². The lowest BCUT2D eigenvalue weighted by Gasteiger charge is -2.32. The second kappa shape index (κ2) is 7.39. The average Bonchev–Trinajstić information content (AvgIpc) is 2.40. The summed E-state index contributed by atoms with van der Waals surface area (Å²) in [6.45, 7) is 8.40. The normalized spacial score (nSPS) is 19.1. The van der Waals surface area contributed by atoms with Gasteiger partial charge in [-0.1, -0.05) is 29.3 Å². The van der Waals surface area contributed by atoms with Gasteiger partial charge in [0, 0.05) is 13.1 Å². The van der Waals surface area contributed by atoms with Crippen LogP contribution in [0.1, 0.15) is 35.6 Å². The van der Waals surface area contributed by atoms with Crippen LogP contribution in [0.2, 0.25) is 0 Å². The quantitative estimate of drug-likeness (QED) is 0.903. The molecule has 3 nitrogen and oxygen atoms in total. The van der Waals surface area contributed by atoms with Crippen molar-refractivity contribution in [3.05, 3.63) is 34.9 Å². The molecule has 1 saturated heterocycles. The molecule has 0 radical (unpaired) electrons. The monoisotopic (exact) mass is 290 g/mol. The van der Waals surface area contributed by atoms with E-state index >= 15 is 0 Å². The number of piperidine rings is 1. The predicted molar refractivity (Wildman–Crippen MR) is 88.6 cm³/mol. The van der Waals surface area contributed by atoms with Crippen LogP contribution >= 0.6 is 0 Å². The number of hydrogen-bond donors (Lipinski definition) is 1. The van der Waals surface area contributed by atoms with E-state index in [4.69, 9.17) is 0 Å². The van der Waals surface area contributed by atoms with Crippen molar-refractivity contribution in [1.82, 2.24) is 9.80 Å². The number of likely N-dealkylation sites (N-methyl/N-ethyl adjacent to an activating group) is 1. The van der Waals surface area contributed by atoms with Gasteiger partial charge in [0.05, 0.1) is 6.10 Å². The first kappa shape index (κ1) is 16.5. The summed E-state index contributed by atoms with van der Waals surface area (Å²) in [6.07, 6.45) is 2.17. The second-order valence-corrected chi connectivity index (χ2v) is 6.90. The first-order valence-electron chi connectivity index (χ1n) is 8.07. The van der Waals surface area contributed by atoms with Crippen molar-refractivity contribution in [2.75, 3.05) is 40.3 Å². The highest BCUT2D eigenvalue weighted by Crippen LogP contribution is 2.20. The van der Waals surface area contributed by atoms with E-state index in [2.05, 4.69) is 55.9 Å². The van der Waals surface area contributed by atoms with Crippen LogP contribution in [0.15, 0.2) is 18.2 Å². The van der Waals surface area contributed by atoms with Crippen molar-refractivity contribution in [1.29, 1.82) is 0 Å². The minimum atomic E-state index is -0.389. The molecule has 2 rings (SSSR count). The summed E-state index contributed by atoms with van der Waals surface area (Å²) in [5, 5.41) is 10.5. The maximum Gasteiger partial charge on any atom is 0.0916 e. The van der Waals surface area contributed by atoms with Gasteiger partial charge in [0.25, 0.3) is 0 Å². The van der Waals surface area contributed by atoms with Crippen molar-refractivity contribution >= 4 is 0 Å². The molecule has 1 unspecified atom stereocenters. The van der Waals surface area contributed by atoms with Gasteiger partial charge in [-0.15, -0.1) is 0 Å². The van der Waals surface area contributed by atoms with Gasteiger partial charge < -0.3 is 14.9 Å². The Morgan fingerprint density at radius 3 is 2.33 bits per heavy atom. The van der Waals surface area contributed by atoms with E-state index in [1.807, 2.05) is 0 Å². The molecule has 3 heteroatoms. The van der Waals surface area contributed by atoms with E-state index in [1.165, 1.54) is 37.1 Å². The van der Waals surface area contributed by atoms with Gasteiger partial charge in [0.1, 0.15) is 0 Å². The van der Waals surface area contributed by atoms with Crippen molar-refractivity contribution in [2.24, 2.45) is 5.92 Å². The largest absolute Gasteiger partial charge is 0.387 e. The number of aryl methyl sites for hydroxylation is 2. The molecular weight excluding hydrogens is 260 g/mol.